The zero-order valence-electron chi connectivity index (χ0n) is 21.5. The second-order valence-corrected chi connectivity index (χ2v) is 14.6. The predicted octanol–water partition coefficient (Wildman–Crippen LogP) is 5.63. The van der Waals surface area contributed by atoms with Gasteiger partial charge < -0.3 is 9.47 Å². The molecular formula is C29H42O5. The van der Waals surface area contributed by atoms with Crippen LogP contribution in [0.5, 0.6) is 0 Å². The first-order valence-corrected chi connectivity index (χ1v) is 13.9. The topological polar surface area (TPSA) is 69.7 Å². The lowest BCUT2D eigenvalue weighted by molar-refractivity contribution is -0.201. The Bertz CT molecular complexity index is 769. The van der Waals surface area contributed by atoms with Crippen LogP contribution in [0, 0.1) is 46.3 Å². The van der Waals surface area contributed by atoms with Crippen LogP contribution in [0.15, 0.2) is 0 Å². The summed E-state index contributed by atoms with van der Waals surface area (Å²) in [6, 6.07) is 0. The average Bonchev–Trinajstić information content (AvgIpc) is 2.70. The quantitative estimate of drug-likeness (QED) is 0.372. The highest BCUT2D eigenvalue weighted by molar-refractivity contribution is 6.13. The Kier molecular flexibility index (Phi) is 4.96. The Morgan fingerprint density at radius 3 is 1.00 bits per heavy atom. The summed E-state index contributed by atoms with van der Waals surface area (Å²) in [4.78, 5) is 40.7. The summed E-state index contributed by atoms with van der Waals surface area (Å²) in [5.74, 6) is 2.63. The third-order valence-electron chi connectivity index (χ3n) is 10.7. The van der Waals surface area contributed by atoms with Gasteiger partial charge in [0.2, 0.25) is 0 Å². The van der Waals surface area contributed by atoms with Gasteiger partial charge in [-0.2, -0.15) is 0 Å². The number of ketones is 1. The van der Waals surface area contributed by atoms with Gasteiger partial charge in [0, 0.05) is 0 Å². The fourth-order valence-corrected chi connectivity index (χ4v) is 9.93. The molecule has 0 atom stereocenters. The Morgan fingerprint density at radius 2 is 0.765 bits per heavy atom. The van der Waals surface area contributed by atoms with Crippen molar-refractivity contribution in [1.29, 1.82) is 0 Å². The molecule has 0 aromatic rings. The maximum Gasteiger partial charge on any atom is 0.319 e. The van der Waals surface area contributed by atoms with Gasteiger partial charge in [-0.05, 0) is 140 Å². The van der Waals surface area contributed by atoms with Gasteiger partial charge in [0.15, 0.2) is 5.78 Å². The second kappa shape index (κ2) is 7.32. The van der Waals surface area contributed by atoms with Gasteiger partial charge in [-0.1, -0.05) is 0 Å². The molecule has 0 heterocycles. The molecule has 0 amide bonds. The molecule has 0 radical (unpaired) electrons. The van der Waals surface area contributed by atoms with Crippen molar-refractivity contribution in [2.24, 2.45) is 46.3 Å². The molecule has 0 aliphatic heterocycles. The van der Waals surface area contributed by atoms with Crippen molar-refractivity contribution in [2.75, 3.05) is 0 Å². The molecule has 188 valence electrons. The van der Waals surface area contributed by atoms with E-state index in [1.54, 1.807) is 27.7 Å². The molecule has 5 nitrogen and oxygen atoms in total. The SMILES string of the molecule is CC(C)(C(=O)OC12CC3CC(CC(C3)C1)C2)C(=O)C(C)(C)C(=O)OC12CC3CC(CC(C3)C1)C2. The number of hydrogen-bond acceptors (Lipinski definition) is 5. The summed E-state index contributed by atoms with van der Waals surface area (Å²) in [6.45, 7) is 6.55. The van der Waals surface area contributed by atoms with Crippen LogP contribution in [0.4, 0.5) is 0 Å². The van der Waals surface area contributed by atoms with Crippen molar-refractivity contribution in [3.8, 4) is 0 Å². The van der Waals surface area contributed by atoms with Crippen LogP contribution in [0.2, 0.25) is 0 Å². The van der Waals surface area contributed by atoms with Crippen molar-refractivity contribution in [2.45, 2.75) is 116 Å². The Balaban J connectivity index is 1.15. The first-order chi connectivity index (χ1) is 15.9. The molecule has 0 saturated heterocycles. The van der Waals surface area contributed by atoms with E-state index < -0.39 is 34.0 Å². The van der Waals surface area contributed by atoms with Crippen LogP contribution < -0.4 is 0 Å². The largest absolute Gasteiger partial charge is 0.458 e. The molecule has 8 rings (SSSR count). The molecule has 8 bridgehead atoms. The average molecular weight is 471 g/mol. The van der Waals surface area contributed by atoms with Gasteiger partial charge in [-0.15, -0.1) is 0 Å². The van der Waals surface area contributed by atoms with E-state index in [1.165, 1.54) is 38.5 Å². The summed E-state index contributed by atoms with van der Waals surface area (Å²) in [5, 5.41) is 0. The number of carbonyl (C=O) groups is 3. The number of ether oxygens (including phenoxy) is 2. The normalized spacial score (nSPS) is 44.2. The zero-order valence-corrected chi connectivity index (χ0v) is 21.5. The van der Waals surface area contributed by atoms with Crippen molar-refractivity contribution in [3.63, 3.8) is 0 Å². The van der Waals surface area contributed by atoms with Crippen LogP contribution in [0.3, 0.4) is 0 Å². The minimum absolute atomic E-state index is 0.385. The van der Waals surface area contributed by atoms with Gasteiger partial charge in [0.1, 0.15) is 22.0 Å². The summed E-state index contributed by atoms with van der Waals surface area (Å²) in [5.41, 5.74) is -3.55. The highest BCUT2D eigenvalue weighted by Gasteiger charge is 2.58. The number of carbonyl (C=O) groups excluding carboxylic acids is 3. The molecular weight excluding hydrogens is 428 g/mol. The lowest BCUT2D eigenvalue weighted by Crippen LogP contribution is -2.57. The molecule has 0 aromatic heterocycles. The summed E-state index contributed by atoms with van der Waals surface area (Å²) < 4.78 is 12.5. The van der Waals surface area contributed by atoms with Crippen LogP contribution in [0.1, 0.15) is 105 Å². The van der Waals surface area contributed by atoms with Crippen LogP contribution in [-0.4, -0.2) is 28.9 Å². The van der Waals surface area contributed by atoms with E-state index in [9.17, 15) is 14.4 Å². The highest BCUT2D eigenvalue weighted by Crippen LogP contribution is 2.59. The summed E-state index contributed by atoms with van der Waals surface area (Å²) in [7, 11) is 0. The molecule has 0 N–H and O–H groups in total. The fourth-order valence-electron chi connectivity index (χ4n) is 9.93. The van der Waals surface area contributed by atoms with Crippen LogP contribution in [-0.2, 0) is 23.9 Å². The maximum absolute atomic E-state index is 13.7. The second-order valence-electron chi connectivity index (χ2n) is 14.6. The molecule has 5 heteroatoms. The van der Waals surface area contributed by atoms with E-state index in [0.29, 0.717) is 35.5 Å². The number of hydrogen-bond donors (Lipinski definition) is 0. The first-order valence-electron chi connectivity index (χ1n) is 13.9. The highest BCUT2D eigenvalue weighted by atomic mass is 16.6. The minimum Gasteiger partial charge on any atom is -0.458 e. The smallest absolute Gasteiger partial charge is 0.319 e. The van der Waals surface area contributed by atoms with Crippen molar-refractivity contribution < 1.29 is 23.9 Å². The number of Topliss-reactive ketones (excluding diaryl/α,β-unsaturated/α-hetero) is 1. The van der Waals surface area contributed by atoms with Crippen molar-refractivity contribution in [3.05, 3.63) is 0 Å². The van der Waals surface area contributed by atoms with Crippen LogP contribution >= 0.6 is 0 Å². The van der Waals surface area contributed by atoms with Gasteiger partial charge in [-0.3, -0.25) is 14.4 Å². The lowest BCUT2D eigenvalue weighted by atomic mass is 9.54. The molecule has 0 aromatic carbocycles. The Labute approximate surface area is 204 Å². The third-order valence-corrected chi connectivity index (χ3v) is 10.7. The predicted molar refractivity (Wildman–Crippen MR) is 127 cm³/mol. The number of esters is 2. The van der Waals surface area contributed by atoms with E-state index in [1.807, 2.05) is 0 Å². The molecule has 8 aliphatic carbocycles. The maximum atomic E-state index is 13.7. The minimum atomic E-state index is -1.38. The molecule has 0 spiro atoms. The van der Waals surface area contributed by atoms with Gasteiger partial charge in [0.05, 0.1) is 0 Å². The molecule has 8 fully saturated rings. The van der Waals surface area contributed by atoms with E-state index in [2.05, 4.69) is 0 Å². The van der Waals surface area contributed by atoms with Gasteiger partial charge in [0.25, 0.3) is 0 Å². The monoisotopic (exact) mass is 470 g/mol. The van der Waals surface area contributed by atoms with E-state index in [0.717, 1.165) is 38.5 Å². The van der Waals surface area contributed by atoms with E-state index >= 15 is 0 Å². The summed E-state index contributed by atoms with van der Waals surface area (Å²) in [6.07, 6.45) is 13.2. The molecule has 0 unspecified atom stereocenters. The number of rotatable bonds is 6. The third kappa shape index (κ3) is 3.58. The van der Waals surface area contributed by atoms with Gasteiger partial charge in [-0.25, -0.2) is 0 Å². The molecule has 34 heavy (non-hydrogen) atoms. The van der Waals surface area contributed by atoms with Crippen molar-refractivity contribution in [1.82, 2.24) is 0 Å². The van der Waals surface area contributed by atoms with E-state index in [-0.39, 0.29) is 5.78 Å². The summed E-state index contributed by atoms with van der Waals surface area (Å²) >= 11 is 0. The van der Waals surface area contributed by atoms with Crippen LogP contribution in [0.25, 0.3) is 0 Å². The fraction of sp³-hybridized carbons (Fsp3) is 0.897. The zero-order chi connectivity index (χ0) is 24.1. The Hall–Kier alpha value is -1.39. The molecule has 8 aliphatic rings. The Morgan fingerprint density at radius 1 is 0.529 bits per heavy atom. The van der Waals surface area contributed by atoms with Gasteiger partial charge >= 0.3 is 11.9 Å². The first kappa shape index (κ1) is 23.0. The standard InChI is InChI=1S/C29H42O5/c1-26(2,24(31)33-28-11-17-5-18(12-28)7-19(6-17)13-28)23(30)27(3,4)25(32)34-29-14-20-8-21(15-29)10-22(9-20)16-29/h17-22H,5-16H2,1-4H3. The lowest BCUT2D eigenvalue weighted by Gasteiger charge is -2.56. The van der Waals surface area contributed by atoms with E-state index in [4.69, 9.17) is 9.47 Å². The molecule has 8 saturated carbocycles. The van der Waals surface area contributed by atoms with Crippen molar-refractivity contribution >= 4 is 17.7 Å².